The van der Waals surface area contributed by atoms with Gasteiger partial charge in [0, 0.05) is 6.20 Å². The van der Waals surface area contributed by atoms with Crippen LogP contribution in [0.4, 0.5) is 11.4 Å². The van der Waals surface area contributed by atoms with E-state index >= 15 is 0 Å². The fraction of sp³-hybridized carbons (Fsp3) is 0.0769. The smallest absolute Gasteiger partial charge is 0.101 e. The third-order valence-corrected chi connectivity index (χ3v) is 2.65. The van der Waals surface area contributed by atoms with Crippen molar-refractivity contribution in [1.29, 1.82) is 5.26 Å². The highest BCUT2D eigenvalue weighted by atomic mass is 35.5. The van der Waals surface area contributed by atoms with Gasteiger partial charge < -0.3 is 5.32 Å². The maximum absolute atomic E-state index is 8.96. The van der Waals surface area contributed by atoms with Crippen molar-refractivity contribution in [1.82, 2.24) is 4.98 Å². The molecule has 0 aliphatic heterocycles. The molecule has 0 aliphatic rings. The third-order valence-electron chi connectivity index (χ3n) is 2.34. The molecule has 1 heterocycles. The first-order chi connectivity index (χ1) is 8.20. The number of nitrogens with one attached hydrogen (secondary N) is 1. The number of hydrogen-bond donors (Lipinski definition) is 1. The van der Waals surface area contributed by atoms with Gasteiger partial charge in [0.1, 0.15) is 6.07 Å². The van der Waals surface area contributed by atoms with E-state index < -0.39 is 0 Å². The van der Waals surface area contributed by atoms with Crippen LogP contribution in [0.25, 0.3) is 0 Å². The number of benzene rings is 1. The molecule has 0 aliphatic carbocycles. The minimum Gasteiger partial charge on any atom is -0.352 e. The molecular formula is C13H10ClN3. The Bertz CT molecular complexity index is 587. The van der Waals surface area contributed by atoms with Crippen LogP contribution >= 0.6 is 11.6 Å². The molecule has 0 saturated carbocycles. The fourth-order valence-corrected chi connectivity index (χ4v) is 1.74. The summed E-state index contributed by atoms with van der Waals surface area (Å²) in [6.45, 7) is 1.97. The molecule has 84 valence electrons. The van der Waals surface area contributed by atoms with Crippen molar-refractivity contribution in [3.63, 3.8) is 0 Å². The van der Waals surface area contributed by atoms with Gasteiger partial charge >= 0.3 is 0 Å². The topological polar surface area (TPSA) is 48.7 Å². The number of hydrogen-bond acceptors (Lipinski definition) is 3. The first kappa shape index (κ1) is 11.4. The van der Waals surface area contributed by atoms with Crippen LogP contribution in [-0.4, -0.2) is 4.98 Å². The van der Waals surface area contributed by atoms with Gasteiger partial charge in [-0.05, 0) is 30.7 Å². The minimum absolute atomic E-state index is 0.539. The average Bonchev–Trinajstić information content (AvgIpc) is 2.33. The standard InChI is InChI=1S/C13H10ClN3/c1-9-2-3-12(11(14)6-9)17-13-8-16-5-4-10(13)7-15/h2-6,8,17H,1H3. The van der Waals surface area contributed by atoms with Gasteiger partial charge in [-0.2, -0.15) is 5.26 Å². The molecule has 1 aromatic carbocycles. The Morgan fingerprint density at radius 1 is 1.29 bits per heavy atom. The van der Waals surface area contributed by atoms with E-state index in [1.54, 1.807) is 18.5 Å². The number of nitrogens with zero attached hydrogens (tertiary/aromatic N) is 2. The summed E-state index contributed by atoms with van der Waals surface area (Å²) in [7, 11) is 0. The Morgan fingerprint density at radius 2 is 2.12 bits per heavy atom. The zero-order chi connectivity index (χ0) is 12.3. The van der Waals surface area contributed by atoms with E-state index in [0.29, 0.717) is 16.3 Å². The van der Waals surface area contributed by atoms with Gasteiger partial charge in [-0.3, -0.25) is 4.98 Å². The zero-order valence-corrected chi connectivity index (χ0v) is 9.99. The van der Waals surface area contributed by atoms with Crippen LogP contribution in [0.5, 0.6) is 0 Å². The van der Waals surface area contributed by atoms with E-state index in [2.05, 4.69) is 16.4 Å². The molecule has 1 N–H and O–H groups in total. The fourth-order valence-electron chi connectivity index (χ4n) is 1.46. The van der Waals surface area contributed by atoms with Crippen molar-refractivity contribution in [2.75, 3.05) is 5.32 Å². The molecule has 0 amide bonds. The van der Waals surface area contributed by atoms with E-state index in [9.17, 15) is 0 Å². The Balaban J connectivity index is 2.35. The summed E-state index contributed by atoms with van der Waals surface area (Å²) in [5.74, 6) is 0. The van der Waals surface area contributed by atoms with Gasteiger partial charge in [0.2, 0.25) is 0 Å². The largest absolute Gasteiger partial charge is 0.352 e. The second-order valence-corrected chi connectivity index (χ2v) is 4.05. The molecule has 4 heteroatoms. The SMILES string of the molecule is Cc1ccc(Nc2cnccc2C#N)c(Cl)c1. The summed E-state index contributed by atoms with van der Waals surface area (Å²) in [6.07, 6.45) is 3.19. The lowest BCUT2D eigenvalue weighted by Gasteiger charge is -2.09. The summed E-state index contributed by atoms with van der Waals surface area (Å²) in [5.41, 5.74) is 3.05. The lowest BCUT2D eigenvalue weighted by atomic mass is 10.2. The second-order valence-electron chi connectivity index (χ2n) is 3.64. The zero-order valence-electron chi connectivity index (χ0n) is 9.24. The highest BCUT2D eigenvalue weighted by Crippen LogP contribution is 2.27. The van der Waals surface area contributed by atoms with Gasteiger partial charge in [0.05, 0.1) is 28.2 Å². The number of aromatic nitrogens is 1. The van der Waals surface area contributed by atoms with Crippen molar-refractivity contribution in [3.05, 3.63) is 52.8 Å². The Morgan fingerprint density at radius 3 is 2.82 bits per heavy atom. The molecule has 3 nitrogen and oxygen atoms in total. The van der Waals surface area contributed by atoms with Crippen LogP contribution < -0.4 is 5.32 Å². The van der Waals surface area contributed by atoms with Crippen LogP contribution in [0.2, 0.25) is 5.02 Å². The van der Waals surface area contributed by atoms with Gasteiger partial charge in [0.15, 0.2) is 0 Å². The highest BCUT2D eigenvalue weighted by molar-refractivity contribution is 6.33. The number of pyridine rings is 1. The second kappa shape index (κ2) is 4.86. The number of anilines is 2. The summed E-state index contributed by atoms with van der Waals surface area (Å²) in [4.78, 5) is 3.98. The van der Waals surface area contributed by atoms with Crippen LogP contribution in [-0.2, 0) is 0 Å². The van der Waals surface area contributed by atoms with Crippen molar-refractivity contribution < 1.29 is 0 Å². The number of rotatable bonds is 2. The Hall–Kier alpha value is -2.05. The van der Waals surface area contributed by atoms with Gasteiger partial charge in [-0.15, -0.1) is 0 Å². The van der Waals surface area contributed by atoms with Crippen molar-refractivity contribution >= 4 is 23.0 Å². The molecule has 0 radical (unpaired) electrons. The molecule has 0 saturated heterocycles. The summed E-state index contributed by atoms with van der Waals surface area (Å²) in [5, 5.41) is 12.7. The quantitative estimate of drug-likeness (QED) is 0.876. The monoisotopic (exact) mass is 243 g/mol. The van der Waals surface area contributed by atoms with Crippen LogP contribution in [0.1, 0.15) is 11.1 Å². The van der Waals surface area contributed by atoms with E-state index in [1.807, 2.05) is 25.1 Å². The molecule has 1 aromatic heterocycles. The maximum atomic E-state index is 8.96. The number of halogens is 1. The van der Waals surface area contributed by atoms with Gasteiger partial charge in [0.25, 0.3) is 0 Å². The first-order valence-corrected chi connectivity index (χ1v) is 5.46. The molecule has 0 unspecified atom stereocenters. The third kappa shape index (κ3) is 2.55. The lowest BCUT2D eigenvalue weighted by molar-refractivity contribution is 1.30. The predicted octanol–water partition coefficient (Wildman–Crippen LogP) is 3.66. The first-order valence-electron chi connectivity index (χ1n) is 5.08. The predicted molar refractivity (Wildman–Crippen MR) is 68.4 cm³/mol. The average molecular weight is 244 g/mol. The van der Waals surface area contributed by atoms with Gasteiger partial charge in [-0.1, -0.05) is 17.7 Å². The maximum Gasteiger partial charge on any atom is 0.101 e. The van der Waals surface area contributed by atoms with Crippen molar-refractivity contribution in [2.45, 2.75) is 6.92 Å². The van der Waals surface area contributed by atoms with Crippen molar-refractivity contribution in [3.8, 4) is 6.07 Å². The number of nitriles is 1. The molecule has 0 fully saturated rings. The molecule has 0 spiro atoms. The number of aryl methyl sites for hydroxylation is 1. The van der Waals surface area contributed by atoms with Crippen LogP contribution in [0.3, 0.4) is 0 Å². The van der Waals surface area contributed by atoms with E-state index in [4.69, 9.17) is 16.9 Å². The van der Waals surface area contributed by atoms with Crippen molar-refractivity contribution in [2.24, 2.45) is 0 Å². The summed E-state index contributed by atoms with van der Waals surface area (Å²) >= 11 is 6.11. The van der Waals surface area contributed by atoms with Crippen LogP contribution in [0.15, 0.2) is 36.7 Å². The van der Waals surface area contributed by atoms with E-state index in [1.165, 1.54) is 0 Å². The normalized spacial score (nSPS) is 9.71. The highest BCUT2D eigenvalue weighted by Gasteiger charge is 2.04. The summed E-state index contributed by atoms with van der Waals surface area (Å²) < 4.78 is 0. The molecule has 2 aromatic rings. The minimum atomic E-state index is 0.539. The Labute approximate surface area is 105 Å². The summed E-state index contributed by atoms with van der Waals surface area (Å²) in [6, 6.07) is 9.46. The molecule has 17 heavy (non-hydrogen) atoms. The van der Waals surface area contributed by atoms with Gasteiger partial charge in [-0.25, -0.2) is 0 Å². The molecule has 2 rings (SSSR count). The van der Waals surface area contributed by atoms with E-state index in [0.717, 1.165) is 11.3 Å². The van der Waals surface area contributed by atoms with Crippen LogP contribution in [0, 0.1) is 18.3 Å². The molecule has 0 bridgehead atoms. The molecule has 0 atom stereocenters. The lowest BCUT2D eigenvalue weighted by Crippen LogP contribution is -1.95. The van der Waals surface area contributed by atoms with E-state index in [-0.39, 0.29) is 0 Å². The molecular weight excluding hydrogens is 234 g/mol. The Kier molecular flexibility index (Phi) is 3.27.